The molecule has 0 spiro atoms. The highest BCUT2D eigenvalue weighted by molar-refractivity contribution is 7.22. The van der Waals surface area contributed by atoms with Crippen LogP contribution in [0, 0.1) is 0 Å². The van der Waals surface area contributed by atoms with Gasteiger partial charge in [-0.2, -0.15) is 11.3 Å². The standard InChI is InChI=1S/C17H11ClN4OS2/c18-10-3-1-9(2-4-10)13-7-12-15(25-13)14(16(19)23)21-22-17(12)20-11-5-6-24-8-11/h1-8H,(H2,19,23)(H,20,22). The third kappa shape index (κ3) is 3.09. The molecule has 3 heterocycles. The molecule has 1 amide bonds. The van der Waals surface area contributed by atoms with E-state index in [1.54, 1.807) is 11.3 Å². The zero-order chi connectivity index (χ0) is 17.4. The van der Waals surface area contributed by atoms with E-state index in [0.717, 1.165) is 21.5 Å². The Morgan fingerprint density at radius 2 is 1.96 bits per heavy atom. The lowest BCUT2D eigenvalue weighted by atomic mass is 10.1. The first-order valence-electron chi connectivity index (χ1n) is 7.27. The summed E-state index contributed by atoms with van der Waals surface area (Å²) in [6.07, 6.45) is 0. The number of hydrogen-bond acceptors (Lipinski definition) is 6. The van der Waals surface area contributed by atoms with Gasteiger partial charge in [0, 0.05) is 20.7 Å². The lowest BCUT2D eigenvalue weighted by molar-refractivity contribution is 0.0996. The van der Waals surface area contributed by atoms with Crippen molar-refractivity contribution in [3.8, 4) is 10.4 Å². The second kappa shape index (κ2) is 6.44. The number of nitrogens with zero attached hydrogens (tertiary/aromatic N) is 2. The number of benzene rings is 1. The fourth-order valence-corrected chi connectivity index (χ4v) is 4.29. The zero-order valence-corrected chi connectivity index (χ0v) is 15.1. The lowest BCUT2D eigenvalue weighted by Gasteiger charge is -2.05. The number of aromatic nitrogens is 2. The summed E-state index contributed by atoms with van der Waals surface area (Å²) in [5, 5.41) is 16.8. The minimum Gasteiger partial charge on any atom is -0.364 e. The van der Waals surface area contributed by atoms with E-state index in [9.17, 15) is 4.79 Å². The van der Waals surface area contributed by atoms with Crippen LogP contribution in [0.1, 0.15) is 10.5 Å². The Labute approximate surface area is 156 Å². The molecule has 4 rings (SSSR count). The Balaban J connectivity index is 1.88. The number of carbonyl (C=O) groups excluding carboxylic acids is 1. The van der Waals surface area contributed by atoms with Gasteiger partial charge in [-0.3, -0.25) is 4.79 Å². The molecule has 0 aliphatic heterocycles. The molecule has 0 saturated heterocycles. The van der Waals surface area contributed by atoms with Crippen LogP contribution in [0.5, 0.6) is 0 Å². The van der Waals surface area contributed by atoms with Crippen molar-refractivity contribution in [1.29, 1.82) is 0 Å². The van der Waals surface area contributed by atoms with Crippen LogP contribution in [0.2, 0.25) is 5.02 Å². The highest BCUT2D eigenvalue weighted by atomic mass is 35.5. The topological polar surface area (TPSA) is 80.9 Å². The Hall–Kier alpha value is -2.48. The Morgan fingerprint density at radius 3 is 2.64 bits per heavy atom. The number of rotatable bonds is 4. The molecule has 8 heteroatoms. The molecule has 1 aromatic carbocycles. The van der Waals surface area contributed by atoms with Gasteiger partial charge < -0.3 is 11.1 Å². The molecule has 25 heavy (non-hydrogen) atoms. The van der Waals surface area contributed by atoms with Crippen LogP contribution in [0.15, 0.2) is 47.2 Å². The summed E-state index contributed by atoms with van der Waals surface area (Å²) >= 11 is 9.00. The number of halogens is 1. The normalized spacial score (nSPS) is 10.9. The van der Waals surface area contributed by atoms with Gasteiger partial charge in [-0.05, 0) is 35.2 Å². The van der Waals surface area contributed by atoms with Gasteiger partial charge in [0.1, 0.15) is 0 Å². The number of carbonyl (C=O) groups is 1. The maximum atomic E-state index is 11.7. The third-order valence-corrected chi connectivity index (χ3v) is 5.72. The molecule has 0 unspecified atom stereocenters. The number of fused-ring (bicyclic) bond motifs is 1. The zero-order valence-electron chi connectivity index (χ0n) is 12.7. The second-order valence-corrected chi connectivity index (χ2v) is 7.53. The molecule has 0 aliphatic rings. The van der Waals surface area contributed by atoms with E-state index in [1.807, 2.05) is 47.2 Å². The number of anilines is 2. The van der Waals surface area contributed by atoms with E-state index in [0.29, 0.717) is 15.5 Å². The molecule has 0 bridgehead atoms. The number of hydrogen-bond donors (Lipinski definition) is 2. The number of primary amides is 1. The van der Waals surface area contributed by atoms with Crippen molar-refractivity contribution in [2.45, 2.75) is 0 Å². The minimum atomic E-state index is -0.593. The third-order valence-electron chi connectivity index (χ3n) is 3.60. The van der Waals surface area contributed by atoms with Gasteiger partial charge in [0.05, 0.1) is 10.4 Å². The van der Waals surface area contributed by atoms with Gasteiger partial charge in [-0.1, -0.05) is 23.7 Å². The van der Waals surface area contributed by atoms with Gasteiger partial charge in [-0.25, -0.2) is 0 Å². The van der Waals surface area contributed by atoms with Crippen LogP contribution in [0.4, 0.5) is 11.5 Å². The maximum absolute atomic E-state index is 11.7. The van der Waals surface area contributed by atoms with Crippen LogP contribution in [-0.2, 0) is 0 Å². The SMILES string of the molecule is NC(=O)c1nnc(Nc2ccsc2)c2cc(-c3ccc(Cl)cc3)sc12. The summed E-state index contributed by atoms with van der Waals surface area (Å²) in [6.45, 7) is 0. The van der Waals surface area contributed by atoms with E-state index < -0.39 is 5.91 Å². The van der Waals surface area contributed by atoms with E-state index in [1.165, 1.54) is 11.3 Å². The van der Waals surface area contributed by atoms with Crippen molar-refractivity contribution < 1.29 is 4.79 Å². The van der Waals surface area contributed by atoms with E-state index in [2.05, 4.69) is 15.5 Å². The number of nitrogens with one attached hydrogen (secondary N) is 1. The quantitative estimate of drug-likeness (QED) is 0.521. The summed E-state index contributed by atoms with van der Waals surface area (Å²) < 4.78 is 0.713. The molecule has 5 nitrogen and oxygen atoms in total. The molecule has 0 atom stereocenters. The highest BCUT2D eigenvalue weighted by Gasteiger charge is 2.18. The van der Waals surface area contributed by atoms with Crippen molar-refractivity contribution in [1.82, 2.24) is 10.2 Å². The average Bonchev–Trinajstić information content (AvgIpc) is 3.25. The van der Waals surface area contributed by atoms with Crippen molar-refractivity contribution in [3.63, 3.8) is 0 Å². The maximum Gasteiger partial charge on any atom is 0.270 e. The predicted octanol–water partition coefficient (Wildman–Crippen LogP) is 4.92. The van der Waals surface area contributed by atoms with Gasteiger partial charge in [0.25, 0.3) is 5.91 Å². The van der Waals surface area contributed by atoms with E-state index >= 15 is 0 Å². The van der Waals surface area contributed by atoms with Crippen molar-refractivity contribution in [2.75, 3.05) is 5.32 Å². The summed E-state index contributed by atoms with van der Waals surface area (Å²) in [6, 6.07) is 11.5. The van der Waals surface area contributed by atoms with Crippen LogP contribution in [0.3, 0.4) is 0 Å². The molecule has 124 valence electrons. The first kappa shape index (κ1) is 16.0. The molecular weight excluding hydrogens is 376 g/mol. The monoisotopic (exact) mass is 386 g/mol. The average molecular weight is 387 g/mol. The summed E-state index contributed by atoms with van der Waals surface area (Å²) in [4.78, 5) is 12.7. The van der Waals surface area contributed by atoms with Gasteiger partial charge in [0.2, 0.25) is 0 Å². The Kier molecular flexibility index (Phi) is 4.12. The van der Waals surface area contributed by atoms with Crippen molar-refractivity contribution >= 4 is 61.8 Å². The molecule has 0 saturated carbocycles. The highest BCUT2D eigenvalue weighted by Crippen LogP contribution is 2.38. The number of nitrogens with two attached hydrogens (primary N) is 1. The Bertz CT molecular complexity index is 1060. The number of amides is 1. The van der Waals surface area contributed by atoms with Crippen LogP contribution in [-0.4, -0.2) is 16.1 Å². The molecule has 3 N–H and O–H groups in total. The van der Waals surface area contributed by atoms with Crippen LogP contribution in [0.25, 0.3) is 20.5 Å². The molecule has 0 fully saturated rings. The van der Waals surface area contributed by atoms with Gasteiger partial charge >= 0.3 is 0 Å². The fraction of sp³-hybridized carbons (Fsp3) is 0. The van der Waals surface area contributed by atoms with Crippen molar-refractivity contribution in [3.05, 3.63) is 57.9 Å². The van der Waals surface area contributed by atoms with E-state index in [-0.39, 0.29) is 5.69 Å². The van der Waals surface area contributed by atoms with E-state index in [4.69, 9.17) is 17.3 Å². The van der Waals surface area contributed by atoms with Crippen molar-refractivity contribution in [2.24, 2.45) is 5.73 Å². The molecule has 0 aliphatic carbocycles. The Morgan fingerprint density at radius 1 is 1.16 bits per heavy atom. The molecule has 3 aromatic heterocycles. The van der Waals surface area contributed by atoms with Crippen LogP contribution < -0.4 is 11.1 Å². The molecule has 0 radical (unpaired) electrons. The lowest BCUT2D eigenvalue weighted by Crippen LogP contribution is -2.14. The first-order valence-corrected chi connectivity index (χ1v) is 9.41. The van der Waals surface area contributed by atoms with Crippen LogP contribution >= 0.6 is 34.3 Å². The molecular formula is C17H11ClN4OS2. The molecule has 4 aromatic rings. The smallest absolute Gasteiger partial charge is 0.270 e. The summed E-state index contributed by atoms with van der Waals surface area (Å²) in [7, 11) is 0. The second-order valence-electron chi connectivity index (χ2n) is 5.26. The summed E-state index contributed by atoms with van der Waals surface area (Å²) in [5.41, 5.74) is 7.56. The first-order chi connectivity index (χ1) is 12.1. The minimum absolute atomic E-state index is 0.177. The van der Waals surface area contributed by atoms with Gasteiger partial charge in [-0.15, -0.1) is 21.5 Å². The largest absolute Gasteiger partial charge is 0.364 e. The van der Waals surface area contributed by atoms with Gasteiger partial charge in [0.15, 0.2) is 11.5 Å². The number of thiophene rings is 2. The predicted molar refractivity (Wildman–Crippen MR) is 104 cm³/mol. The fourth-order valence-electron chi connectivity index (χ4n) is 2.42. The summed E-state index contributed by atoms with van der Waals surface area (Å²) in [5.74, 6) is -0.000969.